The fraction of sp³-hybridized carbons (Fsp3) is 0.875. The van der Waals surface area contributed by atoms with E-state index in [-0.39, 0.29) is 0 Å². The maximum absolute atomic E-state index is 10.0. The van der Waals surface area contributed by atoms with Crippen molar-refractivity contribution in [2.45, 2.75) is 78.1 Å². The lowest BCUT2D eigenvalue weighted by Gasteiger charge is -1.93. The third kappa shape index (κ3) is 10.5. The van der Waals surface area contributed by atoms with Crippen molar-refractivity contribution in [1.29, 1.82) is 0 Å². The van der Waals surface area contributed by atoms with Gasteiger partial charge in [-0.3, -0.25) is 0 Å². The average Bonchev–Trinajstić information content (AvgIpc) is 3.09. The molecule has 0 aliphatic heterocycles. The van der Waals surface area contributed by atoms with Gasteiger partial charge in [0, 0.05) is 12.8 Å². The van der Waals surface area contributed by atoms with Gasteiger partial charge in [-0.15, -0.1) is 0 Å². The van der Waals surface area contributed by atoms with E-state index in [0.717, 1.165) is 43.7 Å². The smallest absolute Gasteiger partial charge is 0.120 e. The Labute approximate surface area is 113 Å². The van der Waals surface area contributed by atoms with Crippen LogP contribution in [0.3, 0.4) is 0 Å². The summed E-state index contributed by atoms with van der Waals surface area (Å²) < 4.78 is 0. The Hall–Kier alpha value is -0.660. The van der Waals surface area contributed by atoms with E-state index in [1.54, 1.807) is 0 Å². The van der Waals surface area contributed by atoms with Crippen LogP contribution in [0.4, 0.5) is 0 Å². The molecule has 1 aliphatic rings. The lowest BCUT2D eigenvalue weighted by atomic mass is 10.1. The minimum atomic E-state index is 0.754. The van der Waals surface area contributed by atoms with Gasteiger partial charge in [-0.25, -0.2) is 0 Å². The predicted octanol–water partition coefficient (Wildman–Crippen LogP) is 4.56. The van der Waals surface area contributed by atoms with Gasteiger partial charge in [0.05, 0.1) is 0 Å². The largest absolute Gasteiger partial charge is 0.303 e. The molecule has 2 heteroatoms. The number of unbranched alkanes of at least 4 members (excludes halogenated alkanes) is 5. The van der Waals surface area contributed by atoms with Crippen LogP contribution in [0.1, 0.15) is 78.1 Å². The van der Waals surface area contributed by atoms with E-state index in [1.807, 2.05) is 0 Å². The molecular formula is C16H30O2. The molecule has 18 heavy (non-hydrogen) atoms. The van der Waals surface area contributed by atoms with Gasteiger partial charge in [0.1, 0.15) is 12.6 Å². The highest BCUT2D eigenvalue weighted by molar-refractivity contribution is 5.50. The maximum atomic E-state index is 10.0. The molecule has 1 saturated carbocycles. The first-order valence-corrected chi connectivity index (χ1v) is 7.67. The van der Waals surface area contributed by atoms with Crippen molar-refractivity contribution in [2.24, 2.45) is 11.8 Å². The van der Waals surface area contributed by atoms with Crippen molar-refractivity contribution in [3.05, 3.63) is 0 Å². The molecule has 0 aromatic rings. The minimum Gasteiger partial charge on any atom is -0.303 e. The molecule has 0 saturated heterocycles. The number of rotatable bonds is 10. The first-order valence-electron chi connectivity index (χ1n) is 7.67. The monoisotopic (exact) mass is 254 g/mol. The summed E-state index contributed by atoms with van der Waals surface area (Å²) in [4.78, 5) is 19.8. The van der Waals surface area contributed by atoms with Crippen LogP contribution in [0.5, 0.6) is 0 Å². The van der Waals surface area contributed by atoms with Crippen LogP contribution in [0.2, 0.25) is 0 Å². The highest BCUT2D eigenvalue weighted by Crippen LogP contribution is 2.43. The summed E-state index contributed by atoms with van der Waals surface area (Å²) in [6, 6.07) is 0. The Morgan fingerprint density at radius 1 is 0.889 bits per heavy atom. The topological polar surface area (TPSA) is 34.1 Å². The number of carbonyl (C=O) groups excluding carboxylic acids is 2. The van der Waals surface area contributed by atoms with Crippen LogP contribution >= 0.6 is 0 Å². The first kappa shape index (κ1) is 17.3. The molecule has 2 atom stereocenters. The summed E-state index contributed by atoms with van der Waals surface area (Å²) in [7, 11) is 0. The van der Waals surface area contributed by atoms with Crippen molar-refractivity contribution in [3.8, 4) is 0 Å². The van der Waals surface area contributed by atoms with Crippen molar-refractivity contribution < 1.29 is 9.59 Å². The zero-order chi connectivity index (χ0) is 13.6. The lowest BCUT2D eigenvalue weighted by molar-refractivity contribution is -0.108. The number of carbonyl (C=O) groups is 2. The molecule has 0 aromatic heterocycles. The number of hydrogen-bond donors (Lipinski definition) is 0. The molecule has 0 heterocycles. The first-order chi connectivity index (χ1) is 8.79. The van der Waals surface area contributed by atoms with Gasteiger partial charge in [0.25, 0.3) is 0 Å². The highest BCUT2D eigenvalue weighted by Gasteiger charge is 2.34. The fourth-order valence-electron chi connectivity index (χ4n) is 2.28. The summed E-state index contributed by atoms with van der Waals surface area (Å²) in [5, 5.41) is 0. The Morgan fingerprint density at radius 3 is 2.17 bits per heavy atom. The minimum absolute atomic E-state index is 0.754. The van der Waals surface area contributed by atoms with Gasteiger partial charge in [0.15, 0.2) is 0 Å². The van der Waals surface area contributed by atoms with E-state index in [9.17, 15) is 9.59 Å². The van der Waals surface area contributed by atoms with E-state index in [2.05, 4.69) is 13.8 Å². The summed E-state index contributed by atoms with van der Waals surface area (Å²) in [5.74, 6) is 1.67. The quantitative estimate of drug-likeness (QED) is 0.423. The molecule has 1 aliphatic carbocycles. The van der Waals surface area contributed by atoms with Crippen LogP contribution in [-0.4, -0.2) is 12.6 Å². The molecule has 0 aromatic carbocycles. The third-order valence-corrected chi connectivity index (χ3v) is 3.55. The van der Waals surface area contributed by atoms with Crippen molar-refractivity contribution in [3.63, 3.8) is 0 Å². The van der Waals surface area contributed by atoms with E-state index in [0.29, 0.717) is 0 Å². The Balaban J connectivity index is 0.000000321. The third-order valence-electron chi connectivity index (χ3n) is 3.55. The molecule has 106 valence electrons. The zero-order valence-electron chi connectivity index (χ0n) is 12.2. The summed E-state index contributed by atoms with van der Waals surface area (Å²) >= 11 is 0. The standard InChI is InChI=1S/C8H14O.C8H16O/c1-2-3-7-6-8(7)4-5-9;1-2-3-4-5-6-7-8-9/h5,7-8H,2-4,6H2,1H3;8H,2-7H2,1H3. The Bertz CT molecular complexity index is 201. The Morgan fingerprint density at radius 2 is 1.61 bits per heavy atom. The van der Waals surface area contributed by atoms with Crippen LogP contribution in [0, 0.1) is 11.8 Å². The second-order valence-corrected chi connectivity index (χ2v) is 5.32. The van der Waals surface area contributed by atoms with Gasteiger partial charge in [0.2, 0.25) is 0 Å². The van der Waals surface area contributed by atoms with Crippen LogP contribution in [0.25, 0.3) is 0 Å². The van der Waals surface area contributed by atoms with Gasteiger partial charge < -0.3 is 9.59 Å². The second kappa shape index (κ2) is 12.8. The van der Waals surface area contributed by atoms with E-state index in [1.165, 1.54) is 44.9 Å². The summed E-state index contributed by atoms with van der Waals surface area (Å²) in [5.41, 5.74) is 0. The lowest BCUT2D eigenvalue weighted by Crippen LogP contribution is -1.82. The van der Waals surface area contributed by atoms with E-state index < -0.39 is 0 Å². The van der Waals surface area contributed by atoms with Gasteiger partial charge in [-0.2, -0.15) is 0 Å². The average molecular weight is 254 g/mol. The molecule has 2 nitrogen and oxygen atoms in total. The molecule has 1 rings (SSSR count). The Kier molecular flexibility index (Phi) is 12.3. The summed E-state index contributed by atoms with van der Waals surface area (Å²) in [6.07, 6.45) is 13.8. The molecule has 0 amide bonds. The van der Waals surface area contributed by atoms with Crippen molar-refractivity contribution in [2.75, 3.05) is 0 Å². The van der Waals surface area contributed by atoms with Crippen molar-refractivity contribution >= 4 is 12.6 Å². The predicted molar refractivity (Wildman–Crippen MR) is 76.6 cm³/mol. The van der Waals surface area contributed by atoms with E-state index in [4.69, 9.17) is 0 Å². The SMILES string of the molecule is CCCC1CC1CC=O.CCCCCCCC=O. The van der Waals surface area contributed by atoms with Gasteiger partial charge in [-0.1, -0.05) is 52.4 Å². The van der Waals surface area contributed by atoms with Gasteiger partial charge in [-0.05, 0) is 24.7 Å². The molecule has 0 spiro atoms. The molecule has 2 unspecified atom stereocenters. The molecule has 0 bridgehead atoms. The zero-order valence-corrected chi connectivity index (χ0v) is 12.2. The highest BCUT2D eigenvalue weighted by atomic mass is 16.1. The van der Waals surface area contributed by atoms with Crippen LogP contribution in [-0.2, 0) is 9.59 Å². The van der Waals surface area contributed by atoms with Gasteiger partial charge >= 0.3 is 0 Å². The normalized spacial score (nSPS) is 20.8. The molecule has 0 N–H and O–H groups in total. The molecular weight excluding hydrogens is 224 g/mol. The second-order valence-electron chi connectivity index (χ2n) is 5.32. The van der Waals surface area contributed by atoms with E-state index >= 15 is 0 Å². The molecule has 1 fully saturated rings. The number of aldehydes is 2. The molecule has 0 radical (unpaired) electrons. The number of hydrogen-bond acceptors (Lipinski definition) is 2. The summed E-state index contributed by atoms with van der Waals surface area (Å²) in [6.45, 7) is 4.40. The fourth-order valence-corrected chi connectivity index (χ4v) is 2.28. The maximum Gasteiger partial charge on any atom is 0.120 e. The van der Waals surface area contributed by atoms with Crippen molar-refractivity contribution in [1.82, 2.24) is 0 Å². The van der Waals surface area contributed by atoms with Crippen LogP contribution in [0.15, 0.2) is 0 Å². The van der Waals surface area contributed by atoms with Crippen LogP contribution < -0.4 is 0 Å².